The molecule has 0 radical (unpaired) electrons. The average Bonchev–Trinajstić information content (AvgIpc) is 2.91. The SMILES string of the molecule is CCCC(Cc1ccccc1)Nc1nccn2ncc(Br)c12. The minimum absolute atomic E-state index is 0.355. The first kappa shape index (κ1) is 15.0. The second-order valence-corrected chi connectivity index (χ2v) is 6.24. The normalized spacial score (nSPS) is 12.5. The third-order valence-electron chi connectivity index (χ3n) is 3.69. The van der Waals surface area contributed by atoms with E-state index in [-0.39, 0.29) is 0 Å². The highest BCUT2D eigenvalue weighted by molar-refractivity contribution is 9.10. The van der Waals surface area contributed by atoms with Crippen LogP contribution in [0.5, 0.6) is 0 Å². The van der Waals surface area contributed by atoms with Gasteiger partial charge in [-0.2, -0.15) is 5.10 Å². The molecular formula is C17H19BrN4. The van der Waals surface area contributed by atoms with Gasteiger partial charge >= 0.3 is 0 Å². The lowest BCUT2D eigenvalue weighted by atomic mass is 10.0. The zero-order chi connectivity index (χ0) is 15.4. The second kappa shape index (κ2) is 6.92. The van der Waals surface area contributed by atoms with Gasteiger partial charge in [-0.25, -0.2) is 9.50 Å². The summed E-state index contributed by atoms with van der Waals surface area (Å²) in [7, 11) is 0. The van der Waals surface area contributed by atoms with Crippen LogP contribution in [0.15, 0.2) is 53.4 Å². The van der Waals surface area contributed by atoms with E-state index in [0.29, 0.717) is 6.04 Å². The molecule has 0 aliphatic carbocycles. The number of hydrogen-bond acceptors (Lipinski definition) is 3. The van der Waals surface area contributed by atoms with E-state index in [0.717, 1.165) is 35.1 Å². The number of rotatable bonds is 6. The van der Waals surface area contributed by atoms with Crippen molar-refractivity contribution in [2.24, 2.45) is 0 Å². The summed E-state index contributed by atoms with van der Waals surface area (Å²) in [5, 5.41) is 7.90. The average molecular weight is 359 g/mol. The lowest BCUT2D eigenvalue weighted by Gasteiger charge is -2.19. The maximum absolute atomic E-state index is 4.50. The van der Waals surface area contributed by atoms with Gasteiger partial charge < -0.3 is 5.32 Å². The van der Waals surface area contributed by atoms with E-state index in [4.69, 9.17) is 0 Å². The van der Waals surface area contributed by atoms with Crippen LogP contribution in [0.3, 0.4) is 0 Å². The van der Waals surface area contributed by atoms with Crippen LogP contribution in [0.25, 0.3) is 5.52 Å². The van der Waals surface area contributed by atoms with Crippen molar-refractivity contribution >= 4 is 27.3 Å². The molecule has 0 amide bonds. The van der Waals surface area contributed by atoms with Crippen LogP contribution in [0.4, 0.5) is 5.82 Å². The van der Waals surface area contributed by atoms with Crippen molar-refractivity contribution < 1.29 is 0 Å². The van der Waals surface area contributed by atoms with Crippen molar-refractivity contribution in [1.29, 1.82) is 0 Å². The van der Waals surface area contributed by atoms with Crippen LogP contribution in [0.2, 0.25) is 0 Å². The number of anilines is 1. The van der Waals surface area contributed by atoms with Crippen molar-refractivity contribution in [1.82, 2.24) is 14.6 Å². The predicted octanol–water partition coefficient (Wildman–Crippen LogP) is 4.32. The monoisotopic (exact) mass is 358 g/mol. The van der Waals surface area contributed by atoms with E-state index in [1.807, 2.05) is 10.7 Å². The molecule has 0 spiro atoms. The van der Waals surface area contributed by atoms with Gasteiger partial charge in [0.05, 0.1) is 10.7 Å². The first-order valence-electron chi connectivity index (χ1n) is 7.56. The summed E-state index contributed by atoms with van der Waals surface area (Å²) in [4.78, 5) is 4.50. The van der Waals surface area contributed by atoms with Crippen molar-refractivity contribution in [3.63, 3.8) is 0 Å². The Bertz CT molecular complexity index is 739. The largest absolute Gasteiger partial charge is 0.365 e. The molecule has 2 heterocycles. The van der Waals surface area contributed by atoms with E-state index in [2.05, 4.69) is 68.6 Å². The first-order chi connectivity index (χ1) is 10.8. The molecule has 114 valence electrons. The Morgan fingerprint density at radius 1 is 1.27 bits per heavy atom. The Hall–Kier alpha value is -1.88. The molecular weight excluding hydrogens is 340 g/mol. The molecule has 3 rings (SSSR count). The summed E-state index contributed by atoms with van der Waals surface area (Å²) in [6.45, 7) is 2.21. The van der Waals surface area contributed by atoms with Crippen LogP contribution < -0.4 is 5.32 Å². The number of nitrogens with one attached hydrogen (secondary N) is 1. The van der Waals surface area contributed by atoms with E-state index in [1.54, 1.807) is 12.4 Å². The lowest BCUT2D eigenvalue weighted by Crippen LogP contribution is -2.23. The molecule has 2 aromatic heterocycles. The smallest absolute Gasteiger partial charge is 0.153 e. The fraction of sp³-hybridized carbons (Fsp3) is 0.294. The standard InChI is InChI=1S/C17H19BrN4/c1-2-6-14(11-13-7-4-3-5-8-13)21-17-16-15(18)12-20-22(16)10-9-19-17/h3-5,7-10,12,14H,2,6,11H2,1H3,(H,19,21). The molecule has 3 aromatic rings. The fourth-order valence-electron chi connectivity index (χ4n) is 2.68. The second-order valence-electron chi connectivity index (χ2n) is 5.38. The molecule has 0 saturated heterocycles. The minimum atomic E-state index is 0.355. The number of nitrogens with zero attached hydrogens (tertiary/aromatic N) is 3. The van der Waals surface area contributed by atoms with Crippen molar-refractivity contribution in [2.75, 3.05) is 5.32 Å². The third kappa shape index (κ3) is 3.30. The molecule has 4 nitrogen and oxygen atoms in total. The van der Waals surface area contributed by atoms with Crippen molar-refractivity contribution in [3.8, 4) is 0 Å². The first-order valence-corrected chi connectivity index (χ1v) is 8.35. The molecule has 1 aromatic carbocycles. The fourth-order valence-corrected chi connectivity index (χ4v) is 3.14. The molecule has 0 fully saturated rings. The molecule has 1 atom stereocenters. The third-order valence-corrected chi connectivity index (χ3v) is 4.27. The molecule has 0 aliphatic heterocycles. The summed E-state index contributed by atoms with van der Waals surface area (Å²) in [5.41, 5.74) is 2.32. The van der Waals surface area contributed by atoms with Gasteiger partial charge in [-0.3, -0.25) is 0 Å². The number of halogens is 1. The van der Waals surface area contributed by atoms with Gasteiger partial charge in [0, 0.05) is 18.4 Å². The Kier molecular flexibility index (Phi) is 4.73. The van der Waals surface area contributed by atoms with Crippen LogP contribution in [0.1, 0.15) is 25.3 Å². The van der Waals surface area contributed by atoms with Gasteiger partial charge in [-0.15, -0.1) is 0 Å². The van der Waals surface area contributed by atoms with E-state index >= 15 is 0 Å². The molecule has 22 heavy (non-hydrogen) atoms. The van der Waals surface area contributed by atoms with Gasteiger partial charge in [0.25, 0.3) is 0 Å². The number of fused-ring (bicyclic) bond motifs is 1. The molecule has 0 saturated carbocycles. The molecule has 0 bridgehead atoms. The summed E-state index contributed by atoms with van der Waals surface area (Å²) in [6.07, 6.45) is 8.66. The Morgan fingerprint density at radius 2 is 2.09 bits per heavy atom. The highest BCUT2D eigenvalue weighted by atomic mass is 79.9. The number of benzene rings is 1. The van der Waals surface area contributed by atoms with Gasteiger partial charge in [0.2, 0.25) is 0 Å². The summed E-state index contributed by atoms with van der Waals surface area (Å²) >= 11 is 3.55. The van der Waals surface area contributed by atoms with Crippen LogP contribution in [0, 0.1) is 0 Å². The molecule has 1 N–H and O–H groups in total. The molecule has 1 unspecified atom stereocenters. The Labute approximate surface area is 138 Å². The van der Waals surface area contributed by atoms with Gasteiger partial charge in [-0.05, 0) is 34.3 Å². The number of aromatic nitrogens is 3. The van der Waals surface area contributed by atoms with E-state index in [9.17, 15) is 0 Å². The van der Waals surface area contributed by atoms with Crippen molar-refractivity contribution in [3.05, 3.63) is 59.0 Å². The molecule has 0 aliphatic rings. The van der Waals surface area contributed by atoms with E-state index < -0.39 is 0 Å². The highest BCUT2D eigenvalue weighted by Crippen LogP contribution is 2.24. The van der Waals surface area contributed by atoms with Crippen molar-refractivity contribution in [2.45, 2.75) is 32.2 Å². The zero-order valence-corrected chi connectivity index (χ0v) is 14.1. The van der Waals surface area contributed by atoms with Crippen LogP contribution >= 0.6 is 15.9 Å². The quantitative estimate of drug-likeness (QED) is 0.713. The van der Waals surface area contributed by atoms with Gasteiger partial charge in [0.1, 0.15) is 5.52 Å². The predicted molar refractivity (Wildman–Crippen MR) is 93.2 cm³/mol. The van der Waals surface area contributed by atoms with Crippen LogP contribution in [-0.4, -0.2) is 20.6 Å². The van der Waals surface area contributed by atoms with Gasteiger partial charge in [-0.1, -0.05) is 43.7 Å². The lowest BCUT2D eigenvalue weighted by molar-refractivity contribution is 0.634. The molecule has 5 heteroatoms. The highest BCUT2D eigenvalue weighted by Gasteiger charge is 2.14. The number of hydrogen-bond donors (Lipinski definition) is 1. The minimum Gasteiger partial charge on any atom is -0.365 e. The zero-order valence-electron chi connectivity index (χ0n) is 12.5. The van der Waals surface area contributed by atoms with Gasteiger partial charge in [0.15, 0.2) is 5.82 Å². The van der Waals surface area contributed by atoms with Crippen LogP contribution in [-0.2, 0) is 6.42 Å². The van der Waals surface area contributed by atoms with E-state index in [1.165, 1.54) is 5.56 Å². The Balaban J connectivity index is 1.85. The summed E-state index contributed by atoms with van der Waals surface area (Å²) in [6, 6.07) is 10.9. The topological polar surface area (TPSA) is 42.2 Å². The summed E-state index contributed by atoms with van der Waals surface area (Å²) < 4.78 is 2.79. The Morgan fingerprint density at radius 3 is 2.86 bits per heavy atom. The maximum Gasteiger partial charge on any atom is 0.153 e. The summed E-state index contributed by atoms with van der Waals surface area (Å²) in [5.74, 6) is 0.876. The maximum atomic E-state index is 4.50.